The van der Waals surface area contributed by atoms with Crippen LogP contribution in [0.25, 0.3) is 0 Å². The average Bonchev–Trinajstić information content (AvgIpc) is 2.44. The van der Waals surface area contributed by atoms with Crippen molar-refractivity contribution < 1.29 is 14.0 Å². The van der Waals surface area contributed by atoms with Gasteiger partial charge in [-0.15, -0.1) is 12.4 Å². The van der Waals surface area contributed by atoms with Crippen molar-refractivity contribution in [2.24, 2.45) is 5.92 Å². The van der Waals surface area contributed by atoms with E-state index in [-0.39, 0.29) is 29.8 Å². The number of rotatable bonds is 7. The smallest absolute Gasteiger partial charge is 0.254 e. The van der Waals surface area contributed by atoms with Crippen molar-refractivity contribution in [1.82, 2.24) is 16.0 Å². The molecule has 0 aliphatic rings. The maximum absolute atomic E-state index is 13.6. The topological polar surface area (TPSA) is 70.2 Å². The molecule has 0 saturated heterocycles. The van der Waals surface area contributed by atoms with Gasteiger partial charge in [-0.3, -0.25) is 9.59 Å². The SMILES string of the molecule is CNCCNC(=O)C(NC(=O)c1ccccc1F)C(C)C.Cl. The van der Waals surface area contributed by atoms with E-state index in [1.54, 1.807) is 13.1 Å². The number of halogens is 2. The minimum absolute atomic E-state index is 0. The molecule has 1 aromatic rings. The monoisotopic (exact) mass is 331 g/mol. The molecule has 3 N–H and O–H groups in total. The van der Waals surface area contributed by atoms with Crippen molar-refractivity contribution in [1.29, 1.82) is 0 Å². The standard InChI is InChI=1S/C15H22FN3O2.ClH/c1-10(2)13(15(21)18-9-8-17-3)19-14(20)11-6-4-5-7-12(11)16;/h4-7,10,13,17H,8-9H2,1-3H3,(H,18,21)(H,19,20);1H. The predicted octanol–water partition coefficient (Wildman–Crippen LogP) is 1.34. The average molecular weight is 332 g/mol. The molecule has 0 aliphatic heterocycles. The summed E-state index contributed by atoms with van der Waals surface area (Å²) in [5.74, 6) is -1.57. The van der Waals surface area contributed by atoms with Crippen molar-refractivity contribution in [2.75, 3.05) is 20.1 Å². The van der Waals surface area contributed by atoms with Crippen LogP contribution >= 0.6 is 12.4 Å². The van der Waals surface area contributed by atoms with Gasteiger partial charge in [0.15, 0.2) is 0 Å². The van der Waals surface area contributed by atoms with Gasteiger partial charge >= 0.3 is 0 Å². The van der Waals surface area contributed by atoms with Gasteiger partial charge in [-0.25, -0.2) is 4.39 Å². The molecule has 1 atom stereocenters. The van der Waals surface area contributed by atoms with E-state index < -0.39 is 17.8 Å². The van der Waals surface area contributed by atoms with E-state index in [0.717, 1.165) is 0 Å². The molecule has 0 radical (unpaired) electrons. The first kappa shape index (κ1) is 20.3. The minimum Gasteiger partial charge on any atom is -0.353 e. The van der Waals surface area contributed by atoms with Crippen molar-refractivity contribution in [3.8, 4) is 0 Å². The highest BCUT2D eigenvalue weighted by molar-refractivity contribution is 5.97. The first-order chi connectivity index (χ1) is 9.97. The number of amides is 2. The summed E-state index contributed by atoms with van der Waals surface area (Å²) in [6.45, 7) is 4.75. The summed E-state index contributed by atoms with van der Waals surface area (Å²) in [7, 11) is 1.78. The van der Waals surface area contributed by atoms with Gasteiger partial charge < -0.3 is 16.0 Å². The van der Waals surface area contributed by atoms with Gasteiger partial charge in [-0.05, 0) is 25.1 Å². The molecule has 1 rings (SSSR count). The Labute approximate surface area is 136 Å². The second-order valence-corrected chi connectivity index (χ2v) is 5.07. The lowest BCUT2D eigenvalue weighted by molar-refractivity contribution is -0.123. The molecule has 0 saturated carbocycles. The van der Waals surface area contributed by atoms with Crippen LogP contribution in [0.5, 0.6) is 0 Å². The van der Waals surface area contributed by atoms with Crippen LogP contribution in [-0.2, 0) is 4.79 Å². The van der Waals surface area contributed by atoms with Gasteiger partial charge in [0.05, 0.1) is 5.56 Å². The number of nitrogens with one attached hydrogen (secondary N) is 3. The van der Waals surface area contributed by atoms with Crippen LogP contribution in [0, 0.1) is 11.7 Å². The third kappa shape index (κ3) is 5.99. The second kappa shape index (κ2) is 10.1. The van der Waals surface area contributed by atoms with Crippen LogP contribution in [0.4, 0.5) is 4.39 Å². The second-order valence-electron chi connectivity index (χ2n) is 5.07. The van der Waals surface area contributed by atoms with Crippen LogP contribution in [0.2, 0.25) is 0 Å². The van der Waals surface area contributed by atoms with Crippen LogP contribution in [0.15, 0.2) is 24.3 Å². The molecule has 0 bridgehead atoms. The fourth-order valence-corrected chi connectivity index (χ4v) is 1.82. The van der Waals surface area contributed by atoms with Crippen LogP contribution in [0.1, 0.15) is 24.2 Å². The summed E-state index contributed by atoms with van der Waals surface area (Å²) in [6, 6.07) is 4.99. The Balaban J connectivity index is 0.00000441. The molecule has 0 fully saturated rings. The molecule has 2 amide bonds. The highest BCUT2D eigenvalue weighted by Gasteiger charge is 2.25. The Morgan fingerprint density at radius 2 is 1.82 bits per heavy atom. The molecule has 1 aromatic carbocycles. The first-order valence-electron chi connectivity index (χ1n) is 6.95. The number of hydrogen-bond donors (Lipinski definition) is 3. The summed E-state index contributed by atoms with van der Waals surface area (Å²) in [5, 5.41) is 8.23. The van der Waals surface area contributed by atoms with E-state index in [2.05, 4.69) is 16.0 Å². The fourth-order valence-electron chi connectivity index (χ4n) is 1.82. The molecule has 0 aliphatic carbocycles. The lowest BCUT2D eigenvalue weighted by Gasteiger charge is -2.21. The predicted molar refractivity (Wildman–Crippen MR) is 86.7 cm³/mol. The van der Waals surface area contributed by atoms with E-state index in [1.807, 2.05) is 13.8 Å². The molecule has 1 unspecified atom stereocenters. The minimum atomic E-state index is -0.700. The molecule has 22 heavy (non-hydrogen) atoms. The van der Waals surface area contributed by atoms with E-state index in [1.165, 1.54) is 18.2 Å². The van der Waals surface area contributed by atoms with E-state index >= 15 is 0 Å². The van der Waals surface area contributed by atoms with Crippen LogP contribution < -0.4 is 16.0 Å². The van der Waals surface area contributed by atoms with Crippen molar-refractivity contribution in [2.45, 2.75) is 19.9 Å². The molecular weight excluding hydrogens is 309 g/mol. The Morgan fingerprint density at radius 3 is 2.36 bits per heavy atom. The Bertz CT molecular complexity index is 497. The van der Waals surface area contributed by atoms with Crippen molar-refractivity contribution in [3.63, 3.8) is 0 Å². The molecular formula is C15H23ClFN3O2. The molecule has 5 nitrogen and oxygen atoms in total. The van der Waals surface area contributed by atoms with Crippen molar-refractivity contribution >= 4 is 24.2 Å². The highest BCUT2D eigenvalue weighted by Crippen LogP contribution is 2.08. The number of carbonyl (C=O) groups excluding carboxylic acids is 2. The lowest BCUT2D eigenvalue weighted by Crippen LogP contribution is -2.50. The third-order valence-electron chi connectivity index (χ3n) is 3.03. The summed E-state index contributed by atoms with van der Waals surface area (Å²) < 4.78 is 13.6. The van der Waals surface area contributed by atoms with Gasteiger partial charge in [0.1, 0.15) is 11.9 Å². The summed E-state index contributed by atoms with van der Waals surface area (Å²) in [5.41, 5.74) is -0.0637. The summed E-state index contributed by atoms with van der Waals surface area (Å²) >= 11 is 0. The quantitative estimate of drug-likeness (QED) is 0.660. The normalized spacial score (nSPS) is 11.5. The Morgan fingerprint density at radius 1 is 1.18 bits per heavy atom. The highest BCUT2D eigenvalue weighted by atomic mass is 35.5. The van der Waals surface area contributed by atoms with E-state index in [4.69, 9.17) is 0 Å². The molecule has 124 valence electrons. The molecule has 0 aromatic heterocycles. The van der Waals surface area contributed by atoms with Crippen LogP contribution in [-0.4, -0.2) is 38.0 Å². The zero-order valence-electron chi connectivity index (χ0n) is 13.0. The van der Waals surface area contributed by atoms with Crippen molar-refractivity contribution in [3.05, 3.63) is 35.6 Å². The number of likely N-dealkylation sites (N-methyl/N-ethyl adjacent to an activating group) is 1. The number of hydrogen-bond acceptors (Lipinski definition) is 3. The van der Waals surface area contributed by atoms with Gasteiger partial charge in [-0.2, -0.15) is 0 Å². The third-order valence-corrected chi connectivity index (χ3v) is 3.03. The fraction of sp³-hybridized carbons (Fsp3) is 0.467. The van der Waals surface area contributed by atoms with Gasteiger partial charge in [0.2, 0.25) is 5.91 Å². The number of carbonyl (C=O) groups is 2. The van der Waals surface area contributed by atoms with Gasteiger partial charge in [0.25, 0.3) is 5.91 Å². The van der Waals surface area contributed by atoms with Gasteiger partial charge in [-0.1, -0.05) is 26.0 Å². The molecule has 0 heterocycles. The van der Waals surface area contributed by atoms with E-state index in [0.29, 0.717) is 13.1 Å². The van der Waals surface area contributed by atoms with E-state index in [9.17, 15) is 14.0 Å². The zero-order valence-corrected chi connectivity index (χ0v) is 13.8. The lowest BCUT2D eigenvalue weighted by atomic mass is 10.0. The molecule has 0 spiro atoms. The van der Waals surface area contributed by atoms with Gasteiger partial charge in [0, 0.05) is 13.1 Å². The largest absolute Gasteiger partial charge is 0.353 e. The number of benzene rings is 1. The first-order valence-corrected chi connectivity index (χ1v) is 6.95. The molecule has 7 heteroatoms. The Kier molecular flexibility index (Phi) is 9.37. The summed E-state index contributed by atoms with van der Waals surface area (Å²) in [6.07, 6.45) is 0. The maximum atomic E-state index is 13.6. The maximum Gasteiger partial charge on any atom is 0.254 e. The Hall–Kier alpha value is -1.66. The summed E-state index contributed by atoms with van der Waals surface area (Å²) in [4.78, 5) is 24.1. The van der Waals surface area contributed by atoms with Crippen LogP contribution in [0.3, 0.4) is 0 Å². The zero-order chi connectivity index (χ0) is 15.8.